The topological polar surface area (TPSA) is 46.1 Å². The van der Waals surface area contributed by atoms with Gasteiger partial charge in [0.25, 0.3) is 5.91 Å². The second-order valence-electron chi connectivity index (χ2n) is 5.01. The molecule has 0 aliphatic carbocycles. The Kier molecular flexibility index (Phi) is 4.22. The Labute approximate surface area is 140 Å². The summed E-state index contributed by atoms with van der Waals surface area (Å²) in [5, 5.41) is 1.04. The van der Waals surface area contributed by atoms with E-state index in [2.05, 4.69) is 25.9 Å². The SMILES string of the molecule is Cc1nc(CN(C)C(=O)c2ccc(Br)s2)nc2ccccc12. The Hall–Kier alpha value is -1.79. The fraction of sp³-hybridized carbons (Fsp3) is 0.188. The first-order valence-electron chi connectivity index (χ1n) is 6.77. The van der Waals surface area contributed by atoms with Crippen molar-refractivity contribution in [2.75, 3.05) is 7.05 Å². The van der Waals surface area contributed by atoms with E-state index in [4.69, 9.17) is 0 Å². The number of rotatable bonds is 3. The third kappa shape index (κ3) is 3.03. The maximum atomic E-state index is 12.4. The molecule has 2 aromatic heterocycles. The van der Waals surface area contributed by atoms with Crippen molar-refractivity contribution >= 4 is 44.1 Å². The van der Waals surface area contributed by atoms with E-state index in [1.54, 1.807) is 11.9 Å². The molecule has 0 aliphatic rings. The Balaban J connectivity index is 1.85. The normalized spacial score (nSPS) is 10.9. The predicted octanol–water partition coefficient (Wildman–Crippen LogP) is 4.03. The van der Waals surface area contributed by atoms with Crippen LogP contribution in [0.3, 0.4) is 0 Å². The molecule has 3 aromatic rings. The van der Waals surface area contributed by atoms with Crippen LogP contribution in [0.15, 0.2) is 40.2 Å². The molecular formula is C16H14BrN3OS. The first-order chi connectivity index (χ1) is 10.5. The Bertz CT molecular complexity index is 846. The highest BCUT2D eigenvalue weighted by atomic mass is 79.9. The summed E-state index contributed by atoms with van der Waals surface area (Å²) in [5.74, 6) is 0.632. The third-order valence-electron chi connectivity index (χ3n) is 3.35. The molecule has 0 spiro atoms. The van der Waals surface area contributed by atoms with Gasteiger partial charge in [-0.2, -0.15) is 0 Å². The van der Waals surface area contributed by atoms with E-state index in [-0.39, 0.29) is 5.91 Å². The number of hydrogen-bond acceptors (Lipinski definition) is 4. The lowest BCUT2D eigenvalue weighted by molar-refractivity contribution is 0.0786. The molecule has 0 unspecified atom stereocenters. The van der Waals surface area contributed by atoms with Gasteiger partial charge >= 0.3 is 0 Å². The summed E-state index contributed by atoms with van der Waals surface area (Å²) >= 11 is 4.80. The van der Waals surface area contributed by atoms with Gasteiger partial charge in [0.2, 0.25) is 0 Å². The molecule has 0 aliphatic heterocycles. The highest BCUT2D eigenvalue weighted by Crippen LogP contribution is 2.23. The number of para-hydroxylation sites is 1. The van der Waals surface area contributed by atoms with Gasteiger partial charge < -0.3 is 4.90 Å². The molecule has 0 saturated heterocycles. The molecule has 0 atom stereocenters. The van der Waals surface area contributed by atoms with Crippen LogP contribution in [0.4, 0.5) is 0 Å². The molecule has 0 N–H and O–H groups in total. The van der Waals surface area contributed by atoms with Crippen LogP contribution >= 0.6 is 27.3 Å². The smallest absolute Gasteiger partial charge is 0.264 e. The van der Waals surface area contributed by atoms with Gasteiger partial charge in [-0.15, -0.1) is 11.3 Å². The second-order valence-corrected chi connectivity index (χ2v) is 7.47. The molecule has 0 bridgehead atoms. The molecule has 0 saturated carbocycles. The molecule has 1 amide bonds. The summed E-state index contributed by atoms with van der Waals surface area (Å²) in [6, 6.07) is 11.6. The van der Waals surface area contributed by atoms with Gasteiger partial charge in [-0.05, 0) is 41.1 Å². The number of fused-ring (bicyclic) bond motifs is 1. The van der Waals surface area contributed by atoms with Gasteiger partial charge in [0.15, 0.2) is 0 Å². The monoisotopic (exact) mass is 375 g/mol. The average Bonchev–Trinajstić information content (AvgIpc) is 2.93. The lowest BCUT2D eigenvalue weighted by atomic mass is 10.2. The summed E-state index contributed by atoms with van der Waals surface area (Å²) in [5.41, 5.74) is 1.84. The van der Waals surface area contributed by atoms with Crippen LogP contribution < -0.4 is 0 Å². The van der Waals surface area contributed by atoms with Gasteiger partial charge in [-0.25, -0.2) is 9.97 Å². The van der Waals surface area contributed by atoms with Gasteiger partial charge in [0, 0.05) is 18.1 Å². The molecular weight excluding hydrogens is 362 g/mol. The van der Waals surface area contributed by atoms with Crippen LogP contribution in [0.1, 0.15) is 21.2 Å². The van der Waals surface area contributed by atoms with Crippen molar-refractivity contribution in [1.29, 1.82) is 0 Å². The Morgan fingerprint density at radius 3 is 2.73 bits per heavy atom. The number of hydrogen-bond donors (Lipinski definition) is 0. The lowest BCUT2D eigenvalue weighted by Gasteiger charge is -2.16. The van der Waals surface area contributed by atoms with Gasteiger partial charge in [0.1, 0.15) is 5.82 Å². The number of halogens is 1. The number of nitrogens with zero attached hydrogens (tertiary/aromatic N) is 3. The van der Waals surface area contributed by atoms with E-state index in [0.717, 1.165) is 20.4 Å². The van der Waals surface area contributed by atoms with E-state index < -0.39 is 0 Å². The van der Waals surface area contributed by atoms with E-state index in [1.807, 2.05) is 43.3 Å². The molecule has 22 heavy (non-hydrogen) atoms. The zero-order valence-electron chi connectivity index (χ0n) is 12.2. The minimum absolute atomic E-state index is 0.0230. The molecule has 0 fully saturated rings. The Morgan fingerprint density at radius 2 is 2.00 bits per heavy atom. The lowest BCUT2D eigenvalue weighted by Crippen LogP contribution is -2.26. The highest BCUT2D eigenvalue weighted by Gasteiger charge is 2.16. The first-order valence-corrected chi connectivity index (χ1v) is 8.38. The van der Waals surface area contributed by atoms with Crippen molar-refractivity contribution in [3.8, 4) is 0 Å². The van der Waals surface area contributed by atoms with Crippen LogP contribution in [0.5, 0.6) is 0 Å². The molecule has 2 heterocycles. The third-order valence-corrected chi connectivity index (χ3v) is 4.96. The van der Waals surface area contributed by atoms with Crippen LogP contribution in [0, 0.1) is 6.92 Å². The quantitative estimate of drug-likeness (QED) is 0.693. The summed E-state index contributed by atoms with van der Waals surface area (Å²) < 4.78 is 0.946. The zero-order chi connectivity index (χ0) is 15.7. The van der Waals surface area contributed by atoms with Crippen molar-refractivity contribution < 1.29 is 4.79 Å². The molecule has 6 heteroatoms. The van der Waals surface area contributed by atoms with E-state index in [1.165, 1.54) is 11.3 Å². The van der Waals surface area contributed by atoms with Crippen molar-refractivity contribution in [2.24, 2.45) is 0 Å². The van der Waals surface area contributed by atoms with E-state index in [9.17, 15) is 4.79 Å². The van der Waals surface area contributed by atoms with Crippen LogP contribution in [-0.2, 0) is 6.54 Å². The predicted molar refractivity (Wildman–Crippen MR) is 92.1 cm³/mol. The summed E-state index contributed by atoms with van der Waals surface area (Å²) in [7, 11) is 1.77. The maximum absolute atomic E-state index is 12.4. The number of carbonyl (C=O) groups is 1. The maximum Gasteiger partial charge on any atom is 0.264 e. The highest BCUT2D eigenvalue weighted by molar-refractivity contribution is 9.11. The van der Waals surface area contributed by atoms with Crippen molar-refractivity contribution in [3.05, 3.63) is 56.6 Å². The Morgan fingerprint density at radius 1 is 1.23 bits per heavy atom. The fourth-order valence-corrected chi connectivity index (χ4v) is 3.65. The number of carbonyl (C=O) groups excluding carboxylic acids is 1. The summed E-state index contributed by atoms with van der Waals surface area (Å²) in [6.45, 7) is 2.35. The second kappa shape index (κ2) is 6.14. The molecule has 0 radical (unpaired) electrons. The number of thiophene rings is 1. The molecule has 4 nitrogen and oxygen atoms in total. The average molecular weight is 376 g/mol. The molecule has 1 aromatic carbocycles. The van der Waals surface area contributed by atoms with Gasteiger partial charge in [-0.3, -0.25) is 4.79 Å². The summed E-state index contributed by atoms with van der Waals surface area (Å²) in [4.78, 5) is 23.8. The standard InChI is InChI=1S/C16H14BrN3OS/c1-10-11-5-3-4-6-12(11)19-15(18-10)9-20(2)16(21)13-7-8-14(17)22-13/h3-8H,9H2,1-2H3. The first kappa shape index (κ1) is 15.1. The molecule has 3 rings (SSSR count). The minimum atomic E-state index is -0.0230. The van der Waals surface area contributed by atoms with Crippen LogP contribution in [-0.4, -0.2) is 27.8 Å². The van der Waals surface area contributed by atoms with E-state index in [0.29, 0.717) is 17.2 Å². The number of amides is 1. The largest absolute Gasteiger partial charge is 0.333 e. The van der Waals surface area contributed by atoms with E-state index >= 15 is 0 Å². The van der Waals surface area contributed by atoms with Gasteiger partial charge in [-0.1, -0.05) is 18.2 Å². The van der Waals surface area contributed by atoms with Crippen molar-refractivity contribution in [2.45, 2.75) is 13.5 Å². The number of aromatic nitrogens is 2. The zero-order valence-corrected chi connectivity index (χ0v) is 14.6. The van der Waals surface area contributed by atoms with Gasteiger partial charge in [0.05, 0.1) is 20.7 Å². The van der Waals surface area contributed by atoms with Crippen molar-refractivity contribution in [3.63, 3.8) is 0 Å². The minimum Gasteiger partial charge on any atom is -0.333 e. The number of benzene rings is 1. The summed E-state index contributed by atoms with van der Waals surface area (Å²) in [6.07, 6.45) is 0. The number of aryl methyl sites for hydroxylation is 1. The van der Waals surface area contributed by atoms with Crippen LogP contribution in [0.2, 0.25) is 0 Å². The van der Waals surface area contributed by atoms with Crippen LogP contribution in [0.25, 0.3) is 10.9 Å². The molecule has 112 valence electrons. The fourth-order valence-electron chi connectivity index (χ4n) is 2.27. The van der Waals surface area contributed by atoms with Crippen molar-refractivity contribution in [1.82, 2.24) is 14.9 Å².